The number of hydrogen-bond acceptors (Lipinski definition) is 3. The van der Waals surface area contributed by atoms with Gasteiger partial charge in [-0.15, -0.1) is 0 Å². The maximum Gasteiger partial charge on any atom is 0.242 e. The van der Waals surface area contributed by atoms with Crippen LogP contribution in [0.3, 0.4) is 0 Å². The highest BCUT2D eigenvalue weighted by atomic mass is 79.9. The van der Waals surface area contributed by atoms with Gasteiger partial charge in [-0.05, 0) is 30.7 Å². The third-order valence-electron chi connectivity index (χ3n) is 3.13. The summed E-state index contributed by atoms with van der Waals surface area (Å²) in [6.45, 7) is 2.53. The standard InChI is InChI=1S/C14H17BrN2O3S/c1-2-17-9-14(7-13(17)10-18)21(19,20)16-8-11-4-3-5-12(15)6-11/h3-7,9,16,18H,2,8,10H2,1H3. The lowest BCUT2D eigenvalue weighted by Crippen LogP contribution is -2.22. The number of hydrogen-bond donors (Lipinski definition) is 2. The van der Waals surface area contributed by atoms with Crippen LogP contribution < -0.4 is 4.72 Å². The van der Waals surface area contributed by atoms with Crippen molar-refractivity contribution >= 4 is 26.0 Å². The summed E-state index contributed by atoms with van der Waals surface area (Å²) >= 11 is 3.35. The number of aryl methyl sites for hydroxylation is 1. The van der Waals surface area contributed by atoms with Gasteiger partial charge < -0.3 is 9.67 Å². The van der Waals surface area contributed by atoms with E-state index in [1.54, 1.807) is 4.57 Å². The van der Waals surface area contributed by atoms with Crippen LogP contribution in [0.4, 0.5) is 0 Å². The molecular weight excluding hydrogens is 356 g/mol. The Labute approximate surface area is 132 Å². The van der Waals surface area contributed by atoms with Crippen LogP contribution in [0.5, 0.6) is 0 Å². The third-order valence-corrected chi connectivity index (χ3v) is 4.99. The highest BCUT2D eigenvalue weighted by Gasteiger charge is 2.17. The maximum atomic E-state index is 12.3. The van der Waals surface area contributed by atoms with Crippen LogP contribution in [-0.2, 0) is 29.7 Å². The Bertz CT molecular complexity index is 704. The first kappa shape index (κ1) is 16.2. The number of nitrogens with one attached hydrogen (secondary N) is 1. The summed E-state index contributed by atoms with van der Waals surface area (Å²) in [4.78, 5) is 0.170. The first-order chi connectivity index (χ1) is 9.96. The predicted molar refractivity (Wildman–Crippen MR) is 84.2 cm³/mol. The molecule has 7 heteroatoms. The lowest BCUT2D eigenvalue weighted by atomic mass is 10.2. The van der Waals surface area contributed by atoms with Gasteiger partial charge in [0.05, 0.1) is 11.5 Å². The molecule has 0 amide bonds. The topological polar surface area (TPSA) is 71.3 Å². The molecule has 2 N–H and O–H groups in total. The molecule has 114 valence electrons. The summed E-state index contributed by atoms with van der Waals surface area (Å²) in [5.41, 5.74) is 1.45. The molecule has 5 nitrogen and oxygen atoms in total. The molecule has 0 unspecified atom stereocenters. The van der Waals surface area contributed by atoms with E-state index in [-0.39, 0.29) is 18.0 Å². The number of sulfonamides is 1. The molecule has 2 rings (SSSR count). The summed E-state index contributed by atoms with van der Waals surface area (Å²) in [6.07, 6.45) is 1.54. The van der Waals surface area contributed by atoms with Crippen molar-refractivity contribution in [1.29, 1.82) is 0 Å². The Kier molecular flexibility index (Phi) is 5.21. The van der Waals surface area contributed by atoms with E-state index < -0.39 is 10.0 Å². The Hall–Kier alpha value is -1.15. The van der Waals surface area contributed by atoms with E-state index in [4.69, 9.17) is 0 Å². The highest BCUT2D eigenvalue weighted by molar-refractivity contribution is 9.10. The van der Waals surface area contributed by atoms with E-state index in [0.29, 0.717) is 12.2 Å². The Morgan fingerprint density at radius 2 is 2.10 bits per heavy atom. The normalized spacial score (nSPS) is 11.8. The van der Waals surface area contributed by atoms with Crippen molar-refractivity contribution in [3.8, 4) is 0 Å². The van der Waals surface area contributed by atoms with E-state index in [0.717, 1.165) is 10.0 Å². The summed E-state index contributed by atoms with van der Waals surface area (Å²) < 4.78 is 29.7. The van der Waals surface area contributed by atoms with Crippen molar-refractivity contribution in [2.24, 2.45) is 0 Å². The van der Waals surface area contributed by atoms with Gasteiger partial charge in [0.1, 0.15) is 0 Å². The van der Waals surface area contributed by atoms with Crippen molar-refractivity contribution in [2.45, 2.75) is 31.5 Å². The van der Waals surface area contributed by atoms with Crippen LogP contribution in [-0.4, -0.2) is 18.1 Å². The fourth-order valence-corrected chi connectivity index (χ4v) is 3.53. The lowest BCUT2D eigenvalue weighted by molar-refractivity contribution is 0.271. The largest absolute Gasteiger partial charge is 0.390 e. The van der Waals surface area contributed by atoms with Crippen molar-refractivity contribution < 1.29 is 13.5 Å². The zero-order chi connectivity index (χ0) is 15.5. The number of aliphatic hydroxyl groups excluding tert-OH is 1. The van der Waals surface area contributed by atoms with Gasteiger partial charge >= 0.3 is 0 Å². The Morgan fingerprint density at radius 3 is 2.67 bits per heavy atom. The predicted octanol–water partition coefficient (Wildman–Crippen LogP) is 2.24. The third kappa shape index (κ3) is 3.94. The van der Waals surface area contributed by atoms with E-state index in [9.17, 15) is 13.5 Å². The van der Waals surface area contributed by atoms with Crippen LogP contribution >= 0.6 is 15.9 Å². The second-order valence-electron chi connectivity index (χ2n) is 4.57. The molecule has 2 aromatic rings. The Balaban J connectivity index is 2.16. The van der Waals surface area contributed by atoms with Crippen LogP contribution in [0.15, 0.2) is 45.9 Å². The smallest absolute Gasteiger partial charge is 0.242 e. The van der Waals surface area contributed by atoms with Crippen molar-refractivity contribution in [3.63, 3.8) is 0 Å². The van der Waals surface area contributed by atoms with Crippen molar-refractivity contribution in [3.05, 3.63) is 52.3 Å². The van der Waals surface area contributed by atoms with Crippen molar-refractivity contribution in [2.75, 3.05) is 0 Å². The summed E-state index contributed by atoms with van der Waals surface area (Å²) in [5.74, 6) is 0. The minimum Gasteiger partial charge on any atom is -0.390 e. The zero-order valence-electron chi connectivity index (χ0n) is 11.6. The average Bonchev–Trinajstić information content (AvgIpc) is 2.89. The van der Waals surface area contributed by atoms with Crippen LogP contribution in [0, 0.1) is 0 Å². The summed E-state index contributed by atoms with van der Waals surface area (Å²) in [6, 6.07) is 8.94. The number of nitrogens with zero attached hydrogens (tertiary/aromatic N) is 1. The van der Waals surface area contributed by atoms with Gasteiger partial charge in [-0.3, -0.25) is 0 Å². The first-order valence-corrected chi connectivity index (χ1v) is 8.78. The maximum absolute atomic E-state index is 12.3. The number of rotatable bonds is 6. The summed E-state index contributed by atoms with van der Waals surface area (Å²) in [5, 5.41) is 9.23. The molecule has 0 aliphatic rings. The van der Waals surface area contributed by atoms with E-state index >= 15 is 0 Å². The number of halogens is 1. The van der Waals surface area contributed by atoms with Gasteiger partial charge in [0.15, 0.2) is 0 Å². The van der Waals surface area contributed by atoms with E-state index in [2.05, 4.69) is 20.7 Å². The molecule has 1 aromatic carbocycles. The molecule has 1 heterocycles. The second-order valence-corrected chi connectivity index (χ2v) is 7.25. The van der Waals surface area contributed by atoms with Gasteiger partial charge in [0.2, 0.25) is 10.0 Å². The van der Waals surface area contributed by atoms with Crippen LogP contribution in [0.2, 0.25) is 0 Å². The highest BCUT2D eigenvalue weighted by Crippen LogP contribution is 2.16. The van der Waals surface area contributed by atoms with Crippen LogP contribution in [0.25, 0.3) is 0 Å². The molecule has 21 heavy (non-hydrogen) atoms. The molecule has 1 aromatic heterocycles. The quantitative estimate of drug-likeness (QED) is 0.816. The molecule has 0 bridgehead atoms. The molecule has 0 aliphatic carbocycles. The van der Waals surface area contributed by atoms with Gasteiger partial charge in [0.25, 0.3) is 0 Å². The molecular formula is C14H17BrN2O3S. The molecule has 0 fully saturated rings. The van der Waals surface area contributed by atoms with Gasteiger partial charge in [0, 0.05) is 29.5 Å². The van der Waals surface area contributed by atoms with Crippen LogP contribution in [0.1, 0.15) is 18.2 Å². The first-order valence-electron chi connectivity index (χ1n) is 6.50. The Morgan fingerprint density at radius 1 is 1.33 bits per heavy atom. The van der Waals surface area contributed by atoms with E-state index in [1.165, 1.54) is 12.3 Å². The lowest BCUT2D eigenvalue weighted by Gasteiger charge is -2.05. The number of aromatic nitrogens is 1. The van der Waals surface area contributed by atoms with E-state index in [1.807, 2.05) is 31.2 Å². The van der Waals surface area contributed by atoms with Gasteiger partial charge in [-0.1, -0.05) is 28.1 Å². The monoisotopic (exact) mass is 372 g/mol. The SMILES string of the molecule is CCn1cc(S(=O)(=O)NCc2cccc(Br)c2)cc1CO. The molecule has 0 atom stereocenters. The average molecular weight is 373 g/mol. The molecule has 0 saturated heterocycles. The minimum atomic E-state index is -3.59. The molecule has 0 radical (unpaired) electrons. The second kappa shape index (κ2) is 6.74. The minimum absolute atomic E-state index is 0.170. The number of aliphatic hydroxyl groups is 1. The molecule has 0 spiro atoms. The fraction of sp³-hybridized carbons (Fsp3) is 0.286. The molecule has 0 aliphatic heterocycles. The zero-order valence-corrected chi connectivity index (χ0v) is 14.0. The van der Waals surface area contributed by atoms with Crippen molar-refractivity contribution in [1.82, 2.24) is 9.29 Å². The number of benzene rings is 1. The summed E-state index contributed by atoms with van der Waals surface area (Å²) in [7, 11) is -3.59. The molecule has 0 saturated carbocycles. The van der Waals surface area contributed by atoms with Gasteiger partial charge in [-0.2, -0.15) is 0 Å². The van der Waals surface area contributed by atoms with Gasteiger partial charge in [-0.25, -0.2) is 13.1 Å². The fourth-order valence-electron chi connectivity index (χ4n) is 2.01.